The van der Waals surface area contributed by atoms with Gasteiger partial charge in [0, 0.05) is 17.4 Å². The molecule has 0 aromatic heterocycles. The van der Waals surface area contributed by atoms with Crippen LogP contribution in [0.15, 0.2) is 42.5 Å². The minimum absolute atomic E-state index is 0.00634. The van der Waals surface area contributed by atoms with E-state index in [9.17, 15) is 9.59 Å². The predicted octanol–water partition coefficient (Wildman–Crippen LogP) is 3.81. The first-order valence-corrected chi connectivity index (χ1v) is 9.27. The average molecular weight is 367 g/mol. The molecular weight excluding hydrogens is 338 g/mol. The molecule has 144 valence electrons. The summed E-state index contributed by atoms with van der Waals surface area (Å²) in [6.45, 7) is 9.77. The summed E-state index contributed by atoms with van der Waals surface area (Å²) in [5.41, 5.74) is 4.91. The Labute approximate surface area is 161 Å². The van der Waals surface area contributed by atoms with Gasteiger partial charge in [-0.3, -0.25) is 9.59 Å². The number of anilines is 2. The van der Waals surface area contributed by atoms with Crippen molar-refractivity contribution in [1.29, 1.82) is 0 Å². The van der Waals surface area contributed by atoms with Crippen LogP contribution in [0.3, 0.4) is 0 Å². The molecule has 5 heteroatoms. The lowest BCUT2D eigenvalue weighted by molar-refractivity contribution is -0.121. The van der Waals surface area contributed by atoms with Gasteiger partial charge in [0.05, 0.1) is 6.42 Å². The van der Waals surface area contributed by atoms with Crippen LogP contribution in [0.4, 0.5) is 11.4 Å². The largest absolute Gasteiger partial charge is 0.374 e. The Morgan fingerprint density at radius 1 is 0.889 bits per heavy atom. The van der Waals surface area contributed by atoms with E-state index in [4.69, 9.17) is 0 Å². The van der Waals surface area contributed by atoms with Crippen molar-refractivity contribution < 1.29 is 9.59 Å². The summed E-state index contributed by atoms with van der Waals surface area (Å²) < 4.78 is 0. The molecule has 27 heavy (non-hydrogen) atoms. The van der Waals surface area contributed by atoms with Crippen LogP contribution in [-0.2, 0) is 16.0 Å². The van der Waals surface area contributed by atoms with Gasteiger partial charge in [0.2, 0.25) is 11.8 Å². The summed E-state index contributed by atoms with van der Waals surface area (Å²) in [5, 5.41) is 9.00. The van der Waals surface area contributed by atoms with E-state index >= 15 is 0 Å². The lowest BCUT2D eigenvalue weighted by Crippen LogP contribution is -2.32. The Bertz CT molecular complexity index is 798. The van der Waals surface area contributed by atoms with Gasteiger partial charge in [-0.2, -0.15) is 0 Å². The molecule has 0 saturated heterocycles. The quantitative estimate of drug-likeness (QED) is 0.697. The minimum Gasteiger partial charge on any atom is -0.374 e. The van der Waals surface area contributed by atoms with Crippen molar-refractivity contribution in [3.8, 4) is 0 Å². The molecule has 0 bridgehead atoms. The van der Waals surface area contributed by atoms with Crippen molar-refractivity contribution in [2.24, 2.45) is 0 Å². The molecule has 2 amide bonds. The molecule has 2 rings (SSSR count). The average Bonchev–Trinajstić information content (AvgIpc) is 2.59. The van der Waals surface area contributed by atoms with Crippen LogP contribution in [0.25, 0.3) is 0 Å². The second-order valence-electron chi connectivity index (χ2n) is 7.25. The van der Waals surface area contributed by atoms with E-state index in [0.717, 1.165) is 22.5 Å². The maximum atomic E-state index is 12.4. The van der Waals surface area contributed by atoms with Crippen LogP contribution in [-0.4, -0.2) is 23.9 Å². The highest BCUT2D eigenvalue weighted by Gasteiger charge is 2.13. The summed E-state index contributed by atoms with van der Waals surface area (Å²) in [6.07, 6.45) is 0.348. The maximum Gasteiger partial charge on any atom is 0.246 e. The third-order valence-corrected chi connectivity index (χ3v) is 4.32. The molecule has 0 aliphatic carbocycles. The molecule has 0 radical (unpaired) electrons. The number of benzene rings is 2. The molecule has 0 spiro atoms. The molecule has 1 atom stereocenters. The molecule has 3 N–H and O–H groups in total. The highest BCUT2D eigenvalue weighted by Crippen LogP contribution is 2.16. The van der Waals surface area contributed by atoms with E-state index in [1.54, 1.807) is 0 Å². The SMILES string of the molecule is Cc1ccc(NC(=O)C(C)Nc2ccc(CC(=O)NC(C)C)cc2)cc1C. The van der Waals surface area contributed by atoms with Gasteiger partial charge in [0.15, 0.2) is 0 Å². The number of aryl methyl sites for hydroxylation is 2. The van der Waals surface area contributed by atoms with Crippen molar-refractivity contribution >= 4 is 23.2 Å². The minimum atomic E-state index is -0.387. The second kappa shape index (κ2) is 9.21. The van der Waals surface area contributed by atoms with E-state index in [1.165, 1.54) is 5.56 Å². The fraction of sp³-hybridized carbons (Fsp3) is 0.364. The Morgan fingerprint density at radius 3 is 2.11 bits per heavy atom. The first-order valence-electron chi connectivity index (χ1n) is 9.27. The van der Waals surface area contributed by atoms with E-state index in [2.05, 4.69) is 16.0 Å². The fourth-order valence-electron chi connectivity index (χ4n) is 2.66. The highest BCUT2D eigenvalue weighted by molar-refractivity contribution is 5.96. The summed E-state index contributed by atoms with van der Waals surface area (Å²) in [6, 6.07) is 13.2. The van der Waals surface area contributed by atoms with Gasteiger partial charge >= 0.3 is 0 Å². The first-order chi connectivity index (χ1) is 12.7. The van der Waals surface area contributed by atoms with Gasteiger partial charge in [-0.1, -0.05) is 18.2 Å². The zero-order valence-corrected chi connectivity index (χ0v) is 16.7. The number of carbonyl (C=O) groups is 2. The Hall–Kier alpha value is -2.82. The molecule has 5 nitrogen and oxygen atoms in total. The molecule has 1 unspecified atom stereocenters. The van der Waals surface area contributed by atoms with Gasteiger partial charge < -0.3 is 16.0 Å². The fourth-order valence-corrected chi connectivity index (χ4v) is 2.66. The van der Waals surface area contributed by atoms with E-state index in [-0.39, 0.29) is 23.9 Å². The van der Waals surface area contributed by atoms with E-state index in [1.807, 2.05) is 77.1 Å². The molecule has 0 aliphatic heterocycles. The molecule has 0 saturated carbocycles. The summed E-state index contributed by atoms with van der Waals surface area (Å²) in [4.78, 5) is 24.2. The van der Waals surface area contributed by atoms with Crippen molar-refractivity contribution in [3.05, 3.63) is 59.2 Å². The molecule has 0 aliphatic rings. The third-order valence-electron chi connectivity index (χ3n) is 4.32. The molecular formula is C22H29N3O2. The first kappa shape index (κ1) is 20.5. The lowest BCUT2D eigenvalue weighted by Gasteiger charge is -2.16. The third kappa shape index (κ3) is 6.44. The van der Waals surface area contributed by atoms with Gasteiger partial charge in [-0.15, -0.1) is 0 Å². The summed E-state index contributed by atoms with van der Waals surface area (Å²) in [7, 11) is 0. The van der Waals surface area contributed by atoms with Crippen molar-refractivity contribution in [2.75, 3.05) is 10.6 Å². The van der Waals surface area contributed by atoms with Gasteiger partial charge in [-0.05, 0) is 75.6 Å². The summed E-state index contributed by atoms with van der Waals surface area (Å²) >= 11 is 0. The van der Waals surface area contributed by atoms with Crippen LogP contribution in [0, 0.1) is 13.8 Å². The van der Waals surface area contributed by atoms with Crippen LogP contribution in [0.5, 0.6) is 0 Å². The van der Waals surface area contributed by atoms with Crippen LogP contribution >= 0.6 is 0 Å². The van der Waals surface area contributed by atoms with Gasteiger partial charge in [0.1, 0.15) is 6.04 Å². The van der Waals surface area contributed by atoms with E-state index < -0.39 is 0 Å². The smallest absolute Gasteiger partial charge is 0.246 e. The molecule has 0 heterocycles. The number of hydrogen-bond donors (Lipinski definition) is 3. The van der Waals surface area contributed by atoms with Gasteiger partial charge in [0.25, 0.3) is 0 Å². The summed E-state index contributed by atoms with van der Waals surface area (Å²) in [5.74, 6) is -0.0921. The second-order valence-corrected chi connectivity index (χ2v) is 7.25. The number of nitrogens with one attached hydrogen (secondary N) is 3. The molecule has 0 fully saturated rings. The molecule has 2 aromatic carbocycles. The van der Waals surface area contributed by atoms with Crippen LogP contribution in [0.2, 0.25) is 0 Å². The van der Waals surface area contributed by atoms with Crippen LogP contribution < -0.4 is 16.0 Å². The normalized spacial score (nSPS) is 11.8. The Balaban J connectivity index is 1.90. The zero-order chi connectivity index (χ0) is 20.0. The number of amides is 2. The van der Waals surface area contributed by atoms with Crippen molar-refractivity contribution in [3.63, 3.8) is 0 Å². The van der Waals surface area contributed by atoms with Crippen molar-refractivity contribution in [2.45, 2.75) is 53.1 Å². The highest BCUT2D eigenvalue weighted by atomic mass is 16.2. The number of carbonyl (C=O) groups excluding carboxylic acids is 2. The maximum absolute atomic E-state index is 12.4. The number of rotatable bonds is 7. The number of hydrogen-bond acceptors (Lipinski definition) is 3. The van der Waals surface area contributed by atoms with E-state index in [0.29, 0.717) is 6.42 Å². The standard InChI is InChI=1S/C22H29N3O2/c1-14(2)23-21(26)13-18-7-10-19(11-8-18)24-17(5)22(27)25-20-9-6-15(3)16(4)12-20/h6-12,14,17,24H,13H2,1-5H3,(H,23,26)(H,25,27). The molecule has 2 aromatic rings. The van der Waals surface area contributed by atoms with Crippen LogP contribution in [0.1, 0.15) is 37.5 Å². The zero-order valence-electron chi connectivity index (χ0n) is 16.7. The Kier molecular flexibility index (Phi) is 6.99. The topological polar surface area (TPSA) is 70.2 Å². The predicted molar refractivity (Wildman–Crippen MR) is 111 cm³/mol. The van der Waals surface area contributed by atoms with Crippen molar-refractivity contribution in [1.82, 2.24) is 5.32 Å². The van der Waals surface area contributed by atoms with Gasteiger partial charge in [-0.25, -0.2) is 0 Å². The Morgan fingerprint density at radius 2 is 1.52 bits per heavy atom. The monoisotopic (exact) mass is 367 g/mol. The lowest BCUT2D eigenvalue weighted by atomic mass is 10.1.